The number of carbonyl (C=O) groups excluding carboxylic acids is 1. The van der Waals surface area contributed by atoms with Crippen LogP contribution in [0.5, 0.6) is 0 Å². The maximum atomic E-state index is 12.3. The Morgan fingerprint density at radius 1 is 1.50 bits per heavy atom. The van der Waals surface area contributed by atoms with Crippen LogP contribution in [0.4, 0.5) is 5.13 Å². The predicted molar refractivity (Wildman–Crippen MR) is 90.3 cm³/mol. The molecule has 0 atom stereocenters. The number of nitrogens with one attached hydrogen (secondary N) is 1. The van der Waals surface area contributed by atoms with Gasteiger partial charge in [0.05, 0.1) is 5.69 Å². The first kappa shape index (κ1) is 17.2. The third kappa shape index (κ3) is 4.68. The topological polar surface area (TPSA) is 65.5 Å². The molecule has 0 aliphatic carbocycles. The van der Waals surface area contributed by atoms with Gasteiger partial charge in [0.2, 0.25) is 5.91 Å². The molecule has 22 heavy (non-hydrogen) atoms. The number of hydrogen-bond acceptors (Lipinski definition) is 5. The number of aliphatic hydroxyl groups excluding tert-OH is 1. The van der Waals surface area contributed by atoms with Crippen LogP contribution in [0, 0.1) is 18.3 Å². The third-order valence-electron chi connectivity index (χ3n) is 4.27. The van der Waals surface area contributed by atoms with Gasteiger partial charge in [-0.15, -0.1) is 11.3 Å². The molecule has 2 heterocycles. The first-order chi connectivity index (χ1) is 10.4. The molecule has 0 spiro atoms. The Labute approximate surface area is 136 Å². The fourth-order valence-electron chi connectivity index (χ4n) is 2.68. The summed E-state index contributed by atoms with van der Waals surface area (Å²) in [7, 11) is 0. The van der Waals surface area contributed by atoms with Crippen molar-refractivity contribution in [2.24, 2.45) is 11.3 Å². The zero-order valence-corrected chi connectivity index (χ0v) is 14.6. The van der Waals surface area contributed by atoms with Gasteiger partial charge >= 0.3 is 0 Å². The standard InChI is InChI=1S/C16H27N3O2S/c1-12-10-22-15(18-12)19-7-4-13(5-8-19)14(21)17-11-16(2,3)6-9-20/h10,13,20H,4-9,11H2,1-3H3,(H,17,21). The number of anilines is 1. The quantitative estimate of drug-likeness (QED) is 0.841. The molecule has 1 aromatic heterocycles. The largest absolute Gasteiger partial charge is 0.396 e. The van der Waals surface area contributed by atoms with Gasteiger partial charge in [-0.2, -0.15) is 0 Å². The molecule has 2 N–H and O–H groups in total. The summed E-state index contributed by atoms with van der Waals surface area (Å²) in [5.74, 6) is 0.253. The van der Waals surface area contributed by atoms with Crippen molar-refractivity contribution in [2.75, 3.05) is 31.1 Å². The minimum atomic E-state index is -0.0521. The smallest absolute Gasteiger partial charge is 0.223 e. The molecule has 1 aliphatic heterocycles. The lowest BCUT2D eigenvalue weighted by Gasteiger charge is -2.32. The van der Waals surface area contributed by atoms with Gasteiger partial charge in [0.25, 0.3) is 0 Å². The lowest BCUT2D eigenvalue weighted by Crippen LogP contribution is -2.43. The van der Waals surface area contributed by atoms with Crippen LogP contribution >= 0.6 is 11.3 Å². The summed E-state index contributed by atoms with van der Waals surface area (Å²) < 4.78 is 0. The van der Waals surface area contributed by atoms with Gasteiger partial charge in [0, 0.05) is 37.5 Å². The van der Waals surface area contributed by atoms with E-state index in [1.54, 1.807) is 11.3 Å². The Morgan fingerprint density at radius 3 is 2.73 bits per heavy atom. The highest BCUT2D eigenvalue weighted by Crippen LogP contribution is 2.26. The van der Waals surface area contributed by atoms with E-state index in [0.29, 0.717) is 13.0 Å². The minimum Gasteiger partial charge on any atom is -0.396 e. The van der Waals surface area contributed by atoms with Crippen LogP contribution in [0.25, 0.3) is 0 Å². The van der Waals surface area contributed by atoms with Gasteiger partial charge in [-0.1, -0.05) is 13.8 Å². The van der Waals surface area contributed by atoms with Crippen LogP contribution < -0.4 is 10.2 Å². The van der Waals surface area contributed by atoms with Crippen molar-refractivity contribution in [3.8, 4) is 0 Å². The van der Waals surface area contributed by atoms with E-state index in [-0.39, 0.29) is 23.8 Å². The average molecular weight is 325 g/mol. The molecule has 0 bridgehead atoms. The zero-order valence-electron chi connectivity index (χ0n) is 13.8. The van der Waals surface area contributed by atoms with Crippen LogP contribution in [0.15, 0.2) is 5.38 Å². The van der Waals surface area contributed by atoms with Gasteiger partial charge in [-0.3, -0.25) is 4.79 Å². The van der Waals surface area contributed by atoms with Crippen LogP contribution in [0.3, 0.4) is 0 Å². The molecule has 6 heteroatoms. The molecular formula is C16H27N3O2S. The monoisotopic (exact) mass is 325 g/mol. The summed E-state index contributed by atoms with van der Waals surface area (Å²) in [5, 5.41) is 15.2. The van der Waals surface area contributed by atoms with Crippen molar-refractivity contribution in [3.05, 3.63) is 11.1 Å². The molecule has 0 aromatic carbocycles. The van der Waals surface area contributed by atoms with Crippen LogP contribution in [0.2, 0.25) is 0 Å². The SMILES string of the molecule is Cc1csc(N2CCC(C(=O)NCC(C)(C)CCO)CC2)n1. The number of rotatable bonds is 6. The summed E-state index contributed by atoms with van der Waals surface area (Å²) in [4.78, 5) is 19.1. The first-order valence-electron chi connectivity index (χ1n) is 7.97. The van der Waals surface area contributed by atoms with Gasteiger partial charge in [-0.05, 0) is 31.6 Å². The van der Waals surface area contributed by atoms with Gasteiger partial charge < -0.3 is 15.3 Å². The van der Waals surface area contributed by atoms with E-state index < -0.39 is 0 Å². The summed E-state index contributed by atoms with van der Waals surface area (Å²) >= 11 is 1.68. The Morgan fingerprint density at radius 2 is 2.18 bits per heavy atom. The number of hydrogen-bond donors (Lipinski definition) is 2. The van der Waals surface area contributed by atoms with Crippen LogP contribution in [-0.2, 0) is 4.79 Å². The third-order valence-corrected chi connectivity index (χ3v) is 5.29. The summed E-state index contributed by atoms with van der Waals surface area (Å²) in [6.45, 7) is 8.71. The zero-order chi connectivity index (χ0) is 16.2. The van der Waals surface area contributed by atoms with E-state index in [1.165, 1.54) is 0 Å². The molecule has 0 saturated carbocycles. The summed E-state index contributed by atoms with van der Waals surface area (Å²) in [5.41, 5.74) is 1.01. The van der Waals surface area contributed by atoms with Crippen LogP contribution in [0.1, 0.15) is 38.8 Å². The highest BCUT2D eigenvalue weighted by atomic mass is 32.1. The fraction of sp³-hybridized carbons (Fsp3) is 0.750. The molecule has 1 fully saturated rings. The molecule has 1 saturated heterocycles. The van der Waals surface area contributed by atoms with E-state index >= 15 is 0 Å². The Hall–Kier alpha value is -1.14. The molecule has 1 aliphatic rings. The molecule has 0 radical (unpaired) electrons. The summed E-state index contributed by atoms with van der Waals surface area (Å²) in [6, 6.07) is 0. The van der Waals surface area contributed by atoms with E-state index in [9.17, 15) is 4.79 Å². The maximum absolute atomic E-state index is 12.3. The fourth-order valence-corrected chi connectivity index (χ4v) is 3.54. The number of carbonyl (C=O) groups is 1. The van der Waals surface area contributed by atoms with Crippen molar-refractivity contribution in [1.82, 2.24) is 10.3 Å². The van der Waals surface area contributed by atoms with Gasteiger partial charge in [0.1, 0.15) is 0 Å². The minimum absolute atomic E-state index is 0.0521. The number of aromatic nitrogens is 1. The number of thiazole rings is 1. The van der Waals surface area contributed by atoms with Crippen molar-refractivity contribution < 1.29 is 9.90 Å². The van der Waals surface area contributed by atoms with Gasteiger partial charge in [0.15, 0.2) is 5.13 Å². The Balaban J connectivity index is 1.77. The second-order valence-electron chi connectivity index (χ2n) is 6.89. The number of amides is 1. The lowest BCUT2D eigenvalue weighted by molar-refractivity contribution is -0.126. The van der Waals surface area contributed by atoms with Crippen molar-refractivity contribution in [1.29, 1.82) is 0 Å². The van der Waals surface area contributed by atoms with E-state index in [0.717, 1.165) is 36.8 Å². The number of piperidine rings is 1. The number of aliphatic hydroxyl groups is 1. The average Bonchev–Trinajstić information content (AvgIpc) is 2.92. The predicted octanol–water partition coefficient (Wildman–Crippen LogP) is 2.19. The number of nitrogens with zero attached hydrogens (tertiary/aromatic N) is 2. The Kier molecular flexibility index (Phi) is 5.81. The second-order valence-corrected chi connectivity index (χ2v) is 7.72. The normalized spacial score (nSPS) is 16.8. The van der Waals surface area contributed by atoms with Crippen molar-refractivity contribution in [2.45, 2.75) is 40.0 Å². The number of aryl methyl sites for hydroxylation is 1. The molecule has 5 nitrogen and oxygen atoms in total. The Bertz CT molecular complexity index is 493. The molecule has 0 unspecified atom stereocenters. The first-order valence-corrected chi connectivity index (χ1v) is 8.85. The second kappa shape index (κ2) is 7.42. The molecular weight excluding hydrogens is 298 g/mol. The maximum Gasteiger partial charge on any atom is 0.223 e. The highest BCUT2D eigenvalue weighted by Gasteiger charge is 2.27. The molecule has 124 valence electrons. The lowest BCUT2D eigenvalue weighted by atomic mass is 9.89. The van der Waals surface area contributed by atoms with Gasteiger partial charge in [-0.25, -0.2) is 4.98 Å². The van der Waals surface area contributed by atoms with E-state index in [1.807, 2.05) is 6.92 Å². The van der Waals surface area contributed by atoms with Crippen LogP contribution in [-0.4, -0.2) is 42.2 Å². The van der Waals surface area contributed by atoms with E-state index in [4.69, 9.17) is 5.11 Å². The highest BCUT2D eigenvalue weighted by molar-refractivity contribution is 7.13. The molecule has 2 rings (SSSR count). The van der Waals surface area contributed by atoms with Crippen molar-refractivity contribution >= 4 is 22.4 Å². The van der Waals surface area contributed by atoms with Crippen molar-refractivity contribution in [3.63, 3.8) is 0 Å². The summed E-state index contributed by atoms with van der Waals surface area (Å²) in [6.07, 6.45) is 2.46. The van der Waals surface area contributed by atoms with E-state index in [2.05, 4.69) is 34.4 Å². The molecule has 1 aromatic rings. The molecule has 1 amide bonds.